The van der Waals surface area contributed by atoms with Gasteiger partial charge in [-0.2, -0.15) is 0 Å². The number of nitrogens with zero attached hydrogens (tertiary/aromatic N) is 3. The van der Waals surface area contributed by atoms with Crippen LogP contribution in [-0.4, -0.2) is 74.5 Å². The summed E-state index contributed by atoms with van der Waals surface area (Å²) in [4.78, 5) is 21.6. The Morgan fingerprint density at radius 2 is 1.92 bits per heavy atom. The molecule has 1 unspecified atom stereocenters. The van der Waals surface area contributed by atoms with Gasteiger partial charge in [0.05, 0.1) is 0 Å². The van der Waals surface area contributed by atoms with E-state index in [2.05, 4.69) is 46.4 Å². The van der Waals surface area contributed by atoms with Gasteiger partial charge in [0.15, 0.2) is 5.96 Å². The average molecular weight is 479 g/mol. The minimum atomic E-state index is 0. The molecule has 6 nitrogen and oxygen atoms in total. The summed E-state index contributed by atoms with van der Waals surface area (Å²) >= 11 is 0. The Balaban J connectivity index is 0.00000338. The van der Waals surface area contributed by atoms with Gasteiger partial charge < -0.3 is 20.4 Å². The van der Waals surface area contributed by atoms with Crippen molar-refractivity contribution in [3.8, 4) is 0 Å². The van der Waals surface area contributed by atoms with Gasteiger partial charge in [-0.3, -0.25) is 9.79 Å². The fraction of sp³-hybridized carbons (Fsp3) is 0.895. The van der Waals surface area contributed by atoms with Crippen molar-refractivity contribution in [2.24, 2.45) is 10.9 Å². The number of hydrogen-bond acceptors (Lipinski definition) is 3. The van der Waals surface area contributed by atoms with E-state index in [0.717, 1.165) is 64.4 Å². The molecule has 2 fully saturated rings. The summed E-state index contributed by atoms with van der Waals surface area (Å²) in [5, 5.41) is 6.85. The van der Waals surface area contributed by atoms with Crippen LogP contribution in [0.2, 0.25) is 0 Å². The first-order chi connectivity index (χ1) is 12.1. The molecule has 1 heterocycles. The molecule has 2 N–H and O–H groups in total. The Kier molecular flexibility index (Phi) is 11.5. The number of aliphatic imine (C=N–C) groups is 1. The maximum Gasteiger partial charge on any atom is 0.225 e. The molecular weight excluding hydrogens is 441 g/mol. The van der Waals surface area contributed by atoms with Crippen LogP contribution in [-0.2, 0) is 4.79 Å². The number of halogens is 1. The quantitative estimate of drug-likeness (QED) is 0.255. The molecule has 0 radical (unpaired) electrons. The number of rotatable bonds is 7. The van der Waals surface area contributed by atoms with Crippen molar-refractivity contribution >= 4 is 35.8 Å². The fourth-order valence-electron chi connectivity index (χ4n) is 3.78. The zero-order chi connectivity index (χ0) is 18.1. The second-order valence-corrected chi connectivity index (χ2v) is 7.67. The normalized spacial score (nSPS) is 21.6. The van der Waals surface area contributed by atoms with E-state index in [4.69, 9.17) is 0 Å². The molecule has 2 rings (SSSR count). The number of amides is 1. The van der Waals surface area contributed by atoms with Gasteiger partial charge in [0.2, 0.25) is 5.91 Å². The number of guanidine groups is 1. The van der Waals surface area contributed by atoms with Crippen molar-refractivity contribution in [2.45, 2.75) is 57.9 Å². The summed E-state index contributed by atoms with van der Waals surface area (Å²) < 4.78 is 0. The number of hydrogen-bond donors (Lipinski definition) is 2. The molecule has 0 bridgehead atoms. The molecule has 0 spiro atoms. The zero-order valence-corrected chi connectivity index (χ0v) is 19.1. The van der Waals surface area contributed by atoms with Crippen LogP contribution in [0.1, 0.15) is 51.9 Å². The van der Waals surface area contributed by atoms with Crippen LogP contribution in [0.15, 0.2) is 4.99 Å². The highest BCUT2D eigenvalue weighted by molar-refractivity contribution is 14.0. The topological polar surface area (TPSA) is 60.0 Å². The molecule has 1 atom stereocenters. The summed E-state index contributed by atoms with van der Waals surface area (Å²) in [5.74, 6) is 1.55. The van der Waals surface area contributed by atoms with Crippen LogP contribution >= 0.6 is 24.0 Å². The molecular formula is C19H38IN5O. The number of likely N-dealkylation sites (tertiary alicyclic amines) is 1. The molecule has 1 amide bonds. The molecule has 1 aliphatic carbocycles. The molecule has 1 aliphatic heterocycles. The molecule has 152 valence electrons. The monoisotopic (exact) mass is 479 g/mol. The number of carbonyl (C=O) groups is 1. The second-order valence-electron chi connectivity index (χ2n) is 7.67. The molecule has 1 saturated carbocycles. The third kappa shape index (κ3) is 7.98. The molecule has 2 aliphatic rings. The largest absolute Gasteiger partial charge is 0.357 e. The predicted octanol–water partition coefficient (Wildman–Crippen LogP) is 2.29. The van der Waals surface area contributed by atoms with E-state index in [1.165, 1.54) is 19.3 Å². The van der Waals surface area contributed by atoms with Crippen LogP contribution in [0.5, 0.6) is 0 Å². The van der Waals surface area contributed by atoms with E-state index in [0.29, 0.717) is 11.9 Å². The van der Waals surface area contributed by atoms with E-state index in [-0.39, 0.29) is 29.9 Å². The SMILES string of the molecule is CCNC(=NCCCN(C)C)NC1CCN(C(=O)C2CCCCC2)C1.I. The predicted molar refractivity (Wildman–Crippen MR) is 119 cm³/mol. The molecule has 0 aromatic rings. The first-order valence-electron chi connectivity index (χ1n) is 10.1. The summed E-state index contributed by atoms with van der Waals surface area (Å²) in [7, 11) is 4.17. The molecule has 26 heavy (non-hydrogen) atoms. The minimum absolute atomic E-state index is 0. The van der Waals surface area contributed by atoms with Crippen molar-refractivity contribution in [3.05, 3.63) is 0 Å². The van der Waals surface area contributed by atoms with Gasteiger partial charge in [0.25, 0.3) is 0 Å². The van der Waals surface area contributed by atoms with Gasteiger partial charge in [0.1, 0.15) is 0 Å². The van der Waals surface area contributed by atoms with Crippen molar-refractivity contribution in [1.82, 2.24) is 20.4 Å². The highest BCUT2D eigenvalue weighted by Gasteiger charge is 2.31. The highest BCUT2D eigenvalue weighted by Crippen LogP contribution is 2.26. The summed E-state index contributed by atoms with van der Waals surface area (Å²) in [6.45, 7) is 6.52. The maximum absolute atomic E-state index is 12.7. The van der Waals surface area contributed by atoms with Gasteiger partial charge in [-0.05, 0) is 53.2 Å². The molecule has 0 aromatic carbocycles. The summed E-state index contributed by atoms with van der Waals surface area (Å²) in [6, 6.07) is 0.319. The fourth-order valence-corrected chi connectivity index (χ4v) is 3.78. The molecule has 0 aromatic heterocycles. The van der Waals surface area contributed by atoms with Gasteiger partial charge in [-0.25, -0.2) is 0 Å². The Bertz CT molecular complexity index is 438. The van der Waals surface area contributed by atoms with Crippen molar-refractivity contribution in [3.63, 3.8) is 0 Å². The van der Waals surface area contributed by atoms with Crippen LogP contribution in [0.4, 0.5) is 0 Å². The van der Waals surface area contributed by atoms with Gasteiger partial charge in [-0.1, -0.05) is 19.3 Å². The standard InChI is InChI=1S/C19H37N5O.HI/c1-4-20-19(21-12-8-13-23(2)3)22-17-11-14-24(15-17)18(25)16-9-6-5-7-10-16;/h16-17H,4-15H2,1-3H3,(H2,20,21,22);1H. The molecule has 1 saturated heterocycles. The van der Waals surface area contributed by atoms with Gasteiger partial charge in [0, 0.05) is 38.1 Å². The smallest absolute Gasteiger partial charge is 0.225 e. The van der Waals surface area contributed by atoms with Crippen molar-refractivity contribution in [1.29, 1.82) is 0 Å². The second kappa shape index (κ2) is 12.8. The Labute approximate surface area is 176 Å². The van der Waals surface area contributed by atoms with Crippen LogP contribution in [0, 0.1) is 5.92 Å². The Morgan fingerprint density at radius 1 is 1.19 bits per heavy atom. The van der Waals surface area contributed by atoms with Gasteiger partial charge in [-0.15, -0.1) is 24.0 Å². The van der Waals surface area contributed by atoms with Crippen LogP contribution in [0.3, 0.4) is 0 Å². The van der Waals surface area contributed by atoms with Crippen molar-refractivity contribution < 1.29 is 4.79 Å². The lowest BCUT2D eigenvalue weighted by Crippen LogP contribution is -2.45. The minimum Gasteiger partial charge on any atom is -0.357 e. The third-order valence-electron chi connectivity index (χ3n) is 5.17. The number of carbonyl (C=O) groups excluding carboxylic acids is 1. The lowest BCUT2D eigenvalue weighted by molar-refractivity contribution is -0.135. The van der Waals surface area contributed by atoms with Crippen LogP contribution in [0.25, 0.3) is 0 Å². The third-order valence-corrected chi connectivity index (χ3v) is 5.17. The highest BCUT2D eigenvalue weighted by atomic mass is 127. The number of nitrogens with one attached hydrogen (secondary N) is 2. The van der Waals surface area contributed by atoms with E-state index in [1.807, 2.05) is 0 Å². The summed E-state index contributed by atoms with van der Waals surface area (Å²) in [6.07, 6.45) is 7.98. The average Bonchev–Trinajstić information content (AvgIpc) is 3.07. The lowest BCUT2D eigenvalue weighted by Gasteiger charge is -2.26. The Hall–Kier alpha value is -0.570. The first kappa shape index (κ1) is 23.5. The van der Waals surface area contributed by atoms with Crippen LogP contribution < -0.4 is 10.6 Å². The van der Waals surface area contributed by atoms with E-state index < -0.39 is 0 Å². The molecule has 7 heteroatoms. The Morgan fingerprint density at radius 3 is 2.58 bits per heavy atom. The maximum atomic E-state index is 12.7. The first-order valence-corrected chi connectivity index (χ1v) is 10.1. The summed E-state index contributed by atoms with van der Waals surface area (Å²) in [5.41, 5.74) is 0. The van der Waals surface area contributed by atoms with E-state index in [9.17, 15) is 4.79 Å². The lowest BCUT2D eigenvalue weighted by atomic mass is 9.88. The van der Waals surface area contributed by atoms with E-state index >= 15 is 0 Å². The van der Waals surface area contributed by atoms with Crippen molar-refractivity contribution in [2.75, 3.05) is 46.8 Å². The van der Waals surface area contributed by atoms with Gasteiger partial charge >= 0.3 is 0 Å². The zero-order valence-electron chi connectivity index (χ0n) is 16.8. The van der Waals surface area contributed by atoms with E-state index in [1.54, 1.807) is 0 Å².